The second kappa shape index (κ2) is 9.80. The van der Waals surface area contributed by atoms with E-state index in [2.05, 4.69) is 22.1 Å². The zero-order chi connectivity index (χ0) is 22.5. The van der Waals surface area contributed by atoms with E-state index in [4.69, 9.17) is 4.74 Å². The summed E-state index contributed by atoms with van der Waals surface area (Å²) in [5, 5.41) is 12.9. The number of ether oxygens (including phenoxy) is 1. The fourth-order valence-corrected chi connectivity index (χ4v) is 3.61. The Kier molecular flexibility index (Phi) is 7.14. The van der Waals surface area contributed by atoms with Crippen LogP contribution in [0.1, 0.15) is 26.8 Å². The summed E-state index contributed by atoms with van der Waals surface area (Å²) in [6.45, 7) is 8.56. The molecule has 0 aliphatic carbocycles. The molecule has 3 rings (SSSR count). The lowest BCUT2D eigenvalue weighted by atomic mass is 10.3. The molecule has 1 saturated heterocycles. The number of fused-ring (bicyclic) bond motifs is 1. The first kappa shape index (κ1) is 22.6. The molecule has 0 saturated carbocycles. The number of rotatable bonds is 8. The maximum atomic E-state index is 13.4. The molecule has 0 radical (unpaired) electrons. The van der Waals surface area contributed by atoms with E-state index in [1.807, 2.05) is 11.8 Å². The van der Waals surface area contributed by atoms with Crippen LogP contribution in [0.5, 0.6) is 0 Å². The Morgan fingerprint density at radius 1 is 1.29 bits per heavy atom. The van der Waals surface area contributed by atoms with Gasteiger partial charge in [-0.05, 0) is 20.8 Å². The summed E-state index contributed by atoms with van der Waals surface area (Å²) in [4.78, 5) is 44.9. The molecule has 0 bridgehead atoms. The van der Waals surface area contributed by atoms with Gasteiger partial charge in [0.15, 0.2) is 11.2 Å². The SMILES string of the molecule is CC#CCn1c(N2CCNCC2)nc2c1c(=O)n(CCOCC)c(=O)n2C(C)C(=O)O. The van der Waals surface area contributed by atoms with E-state index < -0.39 is 23.3 Å². The summed E-state index contributed by atoms with van der Waals surface area (Å²) in [6, 6.07) is -1.20. The quantitative estimate of drug-likeness (QED) is 0.422. The van der Waals surface area contributed by atoms with Crippen molar-refractivity contribution in [2.45, 2.75) is 39.9 Å². The second-order valence-electron chi connectivity index (χ2n) is 7.15. The number of hydrogen-bond acceptors (Lipinski definition) is 7. The molecule has 11 nitrogen and oxygen atoms in total. The molecule has 2 aromatic heterocycles. The van der Waals surface area contributed by atoms with Crippen molar-refractivity contribution in [2.24, 2.45) is 0 Å². The number of anilines is 1. The van der Waals surface area contributed by atoms with Crippen LogP contribution < -0.4 is 21.5 Å². The van der Waals surface area contributed by atoms with Crippen LogP contribution in [0.4, 0.5) is 5.95 Å². The Bertz CT molecular complexity index is 1130. The predicted octanol–water partition coefficient (Wildman–Crippen LogP) is -0.525. The topological polar surface area (TPSA) is 124 Å². The van der Waals surface area contributed by atoms with E-state index in [0.29, 0.717) is 25.6 Å². The minimum atomic E-state index is -1.20. The molecule has 1 aliphatic heterocycles. The van der Waals surface area contributed by atoms with Crippen molar-refractivity contribution in [1.82, 2.24) is 24.0 Å². The average Bonchev–Trinajstić information content (AvgIpc) is 3.14. The van der Waals surface area contributed by atoms with E-state index in [-0.39, 0.29) is 30.9 Å². The van der Waals surface area contributed by atoms with E-state index in [9.17, 15) is 19.5 Å². The van der Waals surface area contributed by atoms with Gasteiger partial charge in [-0.15, -0.1) is 5.92 Å². The Morgan fingerprint density at radius 2 is 2.00 bits per heavy atom. The van der Waals surface area contributed by atoms with Gasteiger partial charge in [-0.2, -0.15) is 4.98 Å². The molecule has 2 aromatic rings. The number of carboxylic acids is 1. The number of aliphatic carboxylic acids is 1. The van der Waals surface area contributed by atoms with Gasteiger partial charge >= 0.3 is 11.7 Å². The number of nitrogens with one attached hydrogen (secondary N) is 1. The summed E-state index contributed by atoms with van der Waals surface area (Å²) in [6.07, 6.45) is 0. The molecular weight excluding hydrogens is 404 g/mol. The van der Waals surface area contributed by atoms with Crippen LogP contribution in [-0.4, -0.2) is 69.2 Å². The molecule has 1 aliphatic rings. The number of carbonyl (C=O) groups is 1. The molecule has 11 heteroatoms. The molecule has 0 aromatic carbocycles. The fourth-order valence-electron chi connectivity index (χ4n) is 3.61. The molecule has 1 fully saturated rings. The lowest BCUT2D eigenvalue weighted by Gasteiger charge is -2.28. The van der Waals surface area contributed by atoms with Crippen LogP contribution in [0.2, 0.25) is 0 Å². The van der Waals surface area contributed by atoms with Gasteiger partial charge < -0.3 is 20.1 Å². The zero-order valence-corrected chi connectivity index (χ0v) is 18.1. The van der Waals surface area contributed by atoms with Crippen molar-refractivity contribution in [3.05, 3.63) is 20.8 Å². The van der Waals surface area contributed by atoms with Crippen molar-refractivity contribution in [3.63, 3.8) is 0 Å². The molecule has 0 amide bonds. The van der Waals surface area contributed by atoms with Crippen LogP contribution in [0.25, 0.3) is 11.2 Å². The van der Waals surface area contributed by atoms with Crippen LogP contribution in [0.15, 0.2) is 9.59 Å². The monoisotopic (exact) mass is 432 g/mol. The Labute approximate surface area is 179 Å². The van der Waals surface area contributed by atoms with Crippen molar-refractivity contribution in [2.75, 3.05) is 44.3 Å². The molecule has 1 atom stereocenters. The summed E-state index contributed by atoms with van der Waals surface area (Å²) in [7, 11) is 0. The van der Waals surface area contributed by atoms with Crippen molar-refractivity contribution >= 4 is 23.1 Å². The van der Waals surface area contributed by atoms with Crippen LogP contribution >= 0.6 is 0 Å². The number of aromatic nitrogens is 4. The van der Waals surface area contributed by atoms with Gasteiger partial charge in [0.05, 0.1) is 19.7 Å². The highest BCUT2D eigenvalue weighted by Gasteiger charge is 2.28. The summed E-state index contributed by atoms with van der Waals surface area (Å²) >= 11 is 0. The lowest BCUT2D eigenvalue weighted by molar-refractivity contribution is -0.140. The van der Waals surface area contributed by atoms with Gasteiger partial charge in [-0.1, -0.05) is 5.92 Å². The van der Waals surface area contributed by atoms with E-state index in [1.54, 1.807) is 11.5 Å². The Balaban J connectivity index is 2.34. The van der Waals surface area contributed by atoms with E-state index in [1.165, 1.54) is 6.92 Å². The minimum Gasteiger partial charge on any atom is -0.480 e. The number of carboxylic acid groups (broad SMARTS) is 1. The lowest BCUT2D eigenvalue weighted by Crippen LogP contribution is -2.44. The highest BCUT2D eigenvalue weighted by atomic mass is 16.5. The fraction of sp³-hybridized carbons (Fsp3) is 0.600. The largest absolute Gasteiger partial charge is 0.480 e. The van der Waals surface area contributed by atoms with Crippen LogP contribution in [0, 0.1) is 11.8 Å². The summed E-state index contributed by atoms with van der Waals surface area (Å²) in [5.74, 6) is 5.10. The first-order valence-corrected chi connectivity index (χ1v) is 10.3. The Morgan fingerprint density at radius 3 is 2.61 bits per heavy atom. The molecular formula is C20H28N6O5. The molecule has 0 spiro atoms. The smallest absolute Gasteiger partial charge is 0.333 e. The molecule has 3 heterocycles. The number of hydrogen-bond donors (Lipinski definition) is 2. The molecule has 168 valence electrons. The van der Waals surface area contributed by atoms with Crippen molar-refractivity contribution in [1.29, 1.82) is 0 Å². The number of imidazole rings is 1. The third-order valence-corrected chi connectivity index (χ3v) is 5.26. The molecule has 2 N–H and O–H groups in total. The predicted molar refractivity (Wildman–Crippen MR) is 116 cm³/mol. The van der Waals surface area contributed by atoms with Gasteiger partial charge in [0, 0.05) is 32.8 Å². The standard InChI is InChI=1S/C20H28N6O5/c1-4-6-9-24-15-16(22-19(24)23-10-7-21-8-11-23)26(14(3)18(28)29)20(30)25(17(15)27)12-13-31-5-2/h14,21H,5,7-13H2,1-3H3,(H,28,29). The van der Waals surface area contributed by atoms with Gasteiger partial charge in [0.2, 0.25) is 5.95 Å². The van der Waals surface area contributed by atoms with Crippen LogP contribution in [-0.2, 0) is 22.6 Å². The minimum absolute atomic E-state index is 0.0153. The highest BCUT2D eigenvalue weighted by Crippen LogP contribution is 2.22. The summed E-state index contributed by atoms with van der Waals surface area (Å²) < 4.78 is 9.10. The molecule has 1 unspecified atom stereocenters. The van der Waals surface area contributed by atoms with Gasteiger partial charge in [-0.25, -0.2) is 9.59 Å². The third-order valence-electron chi connectivity index (χ3n) is 5.26. The van der Waals surface area contributed by atoms with Crippen molar-refractivity contribution in [3.8, 4) is 11.8 Å². The van der Waals surface area contributed by atoms with Crippen LogP contribution in [0.3, 0.4) is 0 Å². The van der Waals surface area contributed by atoms with Crippen molar-refractivity contribution < 1.29 is 14.6 Å². The van der Waals surface area contributed by atoms with E-state index in [0.717, 1.165) is 22.2 Å². The first-order valence-electron chi connectivity index (χ1n) is 10.3. The zero-order valence-electron chi connectivity index (χ0n) is 18.1. The number of piperazine rings is 1. The second-order valence-corrected chi connectivity index (χ2v) is 7.15. The van der Waals surface area contributed by atoms with Gasteiger partial charge in [0.25, 0.3) is 5.56 Å². The van der Waals surface area contributed by atoms with Gasteiger partial charge in [-0.3, -0.25) is 18.5 Å². The summed E-state index contributed by atoms with van der Waals surface area (Å²) in [5.41, 5.74) is -1.02. The average molecular weight is 432 g/mol. The van der Waals surface area contributed by atoms with E-state index >= 15 is 0 Å². The molecule has 31 heavy (non-hydrogen) atoms. The van der Waals surface area contributed by atoms with Gasteiger partial charge in [0.1, 0.15) is 6.04 Å². The number of nitrogens with zero attached hydrogens (tertiary/aromatic N) is 5. The first-order chi connectivity index (χ1) is 14.9. The normalized spacial score (nSPS) is 15.0. The Hall–Kier alpha value is -3.10. The maximum absolute atomic E-state index is 13.4. The maximum Gasteiger partial charge on any atom is 0.333 e. The third kappa shape index (κ3) is 4.35. The highest BCUT2D eigenvalue weighted by molar-refractivity contribution is 5.78.